The van der Waals surface area contributed by atoms with Crippen LogP contribution in [-0.4, -0.2) is 25.9 Å². The van der Waals surface area contributed by atoms with Crippen molar-refractivity contribution in [3.63, 3.8) is 0 Å². The van der Waals surface area contributed by atoms with Gasteiger partial charge >= 0.3 is 0 Å². The van der Waals surface area contributed by atoms with Crippen molar-refractivity contribution in [2.24, 2.45) is 0 Å². The van der Waals surface area contributed by atoms with Gasteiger partial charge in [-0.25, -0.2) is 0 Å². The second kappa shape index (κ2) is 9.82. The number of nitrogens with one attached hydrogen (secondary N) is 1. The first-order chi connectivity index (χ1) is 9.26. The van der Waals surface area contributed by atoms with E-state index < -0.39 is 0 Å². The molecular formula is C16H27NO2. The van der Waals surface area contributed by atoms with Crippen molar-refractivity contribution in [2.75, 3.05) is 19.8 Å². The fourth-order valence-electron chi connectivity index (χ4n) is 1.93. The Morgan fingerprint density at radius 3 is 2.53 bits per heavy atom. The summed E-state index contributed by atoms with van der Waals surface area (Å²) in [6, 6.07) is 8.22. The molecule has 0 aliphatic heterocycles. The first-order valence-electron chi connectivity index (χ1n) is 7.30. The summed E-state index contributed by atoms with van der Waals surface area (Å²) in [5.41, 5.74) is 1.27. The number of benzene rings is 1. The Hall–Kier alpha value is -1.06. The third-order valence-electron chi connectivity index (χ3n) is 2.94. The van der Waals surface area contributed by atoms with Crippen LogP contribution in [-0.2, 0) is 11.3 Å². The van der Waals surface area contributed by atoms with Gasteiger partial charge in [0.15, 0.2) is 0 Å². The van der Waals surface area contributed by atoms with Gasteiger partial charge in [0, 0.05) is 13.1 Å². The molecule has 1 rings (SSSR count). The molecule has 1 N–H and O–H groups in total. The second-order valence-corrected chi connectivity index (χ2v) is 4.72. The number of hydrogen-bond acceptors (Lipinski definition) is 3. The molecule has 1 aromatic carbocycles. The molecule has 3 heteroatoms. The molecular weight excluding hydrogens is 238 g/mol. The lowest BCUT2D eigenvalue weighted by Crippen LogP contribution is -2.21. The van der Waals surface area contributed by atoms with Crippen molar-refractivity contribution >= 4 is 0 Å². The molecule has 3 nitrogen and oxygen atoms in total. The Bertz CT molecular complexity index is 324. The van der Waals surface area contributed by atoms with E-state index in [-0.39, 0.29) is 0 Å². The summed E-state index contributed by atoms with van der Waals surface area (Å²) in [6.45, 7) is 9.57. The standard InChI is InChI=1S/C16H27NO2/c1-4-6-14(3)19-12-11-17-13-15-7-9-16(10-8-15)18-5-2/h7-10,14,17H,4-6,11-13H2,1-3H3. The molecule has 0 radical (unpaired) electrons. The average molecular weight is 265 g/mol. The highest BCUT2D eigenvalue weighted by molar-refractivity contribution is 5.27. The fraction of sp³-hybridized carbons (Fsp3) is 0.625. The van der Waals surface area contributed by atoms with Crippen molar-refractivity contribution in [3.8, 4) is 5.75 Å². The van der Waals surface area contributed by atoms with Gasteiger partial charge in [-0.1, -0.05) is 25.5 Å². The average Bonchev–Trinajstić information content (AvgIpc) is 2.41. The maximum Gasteiger partial charge on any atom is 0.119 e. The van der Waals surface area contributed by atoms with Gasteiger partial charge < -0.3 is 14.8 Å². The molecule has 0 aliphatic rings. The summed E-state index contributed by atoms with van der Waals surface area (Å²) in [5, 5.41) is 3.38. The summed E-state index contributed by atoms with van der Waals surface area (Å²) in [7, 11) is 0. The summed E-state index contributed by atoms with van der Waals surface area (Å²) in [6.07, 6.45) is 2.69. The van der Waals surface area contributed by atoms with Gasteiger partial charge in [-0.15, -0.1) is 0 Å². The smallest absolute Gasteiger partial charge is 0.119 e. The van der Waals surface area contributed by atoms with E-state index in [0.29, 0.717) is 12.7 Å². The van der Waals surface area contributed by atoms with E-state index in [1.807, 2.05) is 19.1 Å². The monoisotopic (exact) mass is 265 g/mol. The molecule has 19 heavy (non-hydrogen) atoms. The summed E-state index contributed by atoms with van der Waals surface area (Å²) >= 11 is 0. The molecule has 0 bridgehead atoms. The van der Waals surface area contributed by atoms with E-state index in [1.165, 1.54) is 12.0 Å². The lowest BCUT2D eigenvalue weighted by atomic mass is 10.2. The largest absolute Gasteiger partial charge is 0.494 e. The van der Waals surface area contributed by atoms with Crippen molar-refractivity contribution in [1.82, 2.24) is 5.32 Å². The third kappa shape index (κ3) is 7.19. The molecule has 0 amide bonds. The minimum absolute atomic E-state index is 0.372. The van der Waals surface area contributed by atoms with Crippen molar-refractivity contribution < 1.29 is 9.47 Å². The molecule has 1 unspecified atom stereocenters. The van der Waals surface area contributed by atoms with Gasteiger partial charge in [0.05, 0.1) is 19.3 Å². The predicted octanol–water partition coefficient (Wildman–Crippen LogP) is 3.38. The van der Waals surface area contributed by atoms with Gasteiger partial charge in [0.2, 0.25) is 0 Å². The number of ether oxygens (including phenoxy) is 2. The molecule has 1 atom stereocenters. The van der Waals surface area contributed by atoms with E-state index in [2.05, 4.69) is 31.3 Å². The van der Waals surface area contributed by atoms with Crippen molar-refractivity contribution in [2.45, 2.75) is 46.3 Å². The van der Waals surface area contributed by atoms with Crippen molar-refractivity contribution in [1.29, 1.82) is 0 Å². The van der Waals surface area contributed by atoms with Crippen LogP contribution < -0.4 is 10.1 Å². The van der Waals surface area contributed by atoms with E-state index in [9.17, 15) is 0 Å². The summed E-state index contributed by atoms with van der Waals surface area (Å²) < 4.78 is 11.1. The highest BCUT2D eigenvalue weighted by Crippen LogP contribution is 2.11. The molecule has 0 aromatic heterocycles. The topological polar surface area (TPSA) is 30.5 Å². The first kappa shape index (κ1) is 16.0. The molecule has 0 aliphatic carbocycles. The molecule has 0 saturated carbocycles. The van der Waals surface area contributed by atoms with Crippen LogP contribution in [0, 0.1) is 0 Å². The molecule has 108 valence electrons. The lowest BCUT2D eigenvalue weighted by molar-refractivity contribution is 0.0617. The minimum Gasteiger partial charge on any atom is -0.494 e. The van der Waals surface area contributed by atoms with E-state index in [1.54, 1.807) is 0 Å². The molecule has 0 saturated heterocycles. The van der Waals surface area contributed by atoms with Crippen LogP contribution in [0.5, 0.6) is 5.75 Å². The predicted molar refractivity (Wildman–Crippen MR) is 79.6 cm³/mol. The van der Waals surface area contributed by atoms with E-state index in [0.717, 1.165) is 31.9 Å². The van der Waals surface area contributed by atoms with Crippen LogP contribution >= 0.6 is 0 Å². The first-order valence-corrected chi connectivity index (χ1v) is 7.30. The highest BCUT2D eigenvalue weighted by Gasteiger charge is 1.99. The quantitative estimate of drug-likeness (QED) is 0.658. The van der Waals surface area contributed by atoms with Gasteiger partial charge in [-0.3, -0.25) is 0 Å². The van der Waals surface area contributed by atoms with Crippen LogP contribution in [0.4, 0.5) is 0 Å². The van der Waals surface area contributed by atoms with Crippen LogP contribution in [0.15, 0.2) is 24.3 Å². The molecule has 0 spiro atoms. The normalized spacial score (nSPS) is 12.4. The van der Waals surface area contributed by atoms with Crippen molar-refractivity contribution in [3.05, 3.63) is 29.8 Å². The zero-order valence-electron chi connectivity index (χ0n) is 12.4. The zero-order valence-corrected chi connectivity index (χ0v) is 12.4. The van der Waals surface area contributed by atoms with Crippen LogP contribution in [0.25, 0.3) is 0 Å². The number of hydrogen-bond donors (Lipinski definition) is 1. The fourth-order valence-corrected chi connectivity index (χ4v) is 1.93. The Kier molecular flexibility index (Phi) is 8.26. The molecule has 0 heterocycles. The molecule has 0 fully saturated rings. The SMILES string of the molecule is CCCC(C)OCCNCc1ccc(OCC)cc1. The minimum atomic E-state index is 0.372. The van der Waals surface area contributed by atoms with Crippen LogP contribution in [0.3, 0.4) is 0 Å². The Labute approximate surface area is 117 Å². The van der Waals surface area contributed by atoms with Crippen LogP contribution in [0.1, 0.15) is 39.2 Å². The van der Waals surface area contributed by atoms with Gasteiger partial charge in [0.1, 0.15) is 5.75 Å². The Morgan fingerprint density at radius 1 is 1.16 bits per heavy atom. The summed E-state index contributed by atoms with van der Waals surface area (Å²) in [4.78, 5) is 0. The van der Waals surface area contributed by atoms with E-state index in [4.69, 9.17) is 9.47 Å². The summed E-state index contributed by atoms with van der Waals surface area (Å²) in [5.74, 6) is 0.933. The zero-order chi connectivity index (χ0) is 13.9. The van der Waals surface area contributed by atoms with E-state index >= 15 is 0 Å². The lowest BCUT2D eigenvalue weighted by Gasteiger charge is -2.12. The van der Waals surface area contributed by atoms with Gasteiger partial charge in [0.25, 0.3) is 0 Å². The van der Waals surface area contributed by atoms with Crippen LogP contribution in [0.2, 0.25) is 0 Å². The Morgan fingerprint density at radius 2 is 1.89 bits per heavy atom. The Balaban J connectivity index is 2.12. The van der Waals surface area contributed by atoms with Gasteiger partial charge in [-0.05, 0) is 38.0 Å². The second-order valence-electron chi connectivity index (χ2n) is 4.72. The number of rotatable bonds is 10. The maximum atomic E-state index is 5.69. The third-order valence-corrected chi connectivity index (χ3v) is 2.94. The maximum absolute atomic E-state index is 5.69. The highest BCUT2D eigenvalue weighted by atomic mass is 16.5. The molecule has 1 aromatic rings. The van der Waals surface area contributed by atoms with Gasteiger partial charge in [-0.2, -0.15) is 0 Å².